The molecule has 0 saturated carbocycles. The van der Waals surface area contributed by atoms with Crippen LogP contribution < -0.4 is 0 Å². The van der Waals surface area contributed by atoms with Crippen LogP contribution in [0.5, 0.6) is 0 Å². The molecule has 0 atom stereocenters. The van der Waals surface area contributed by atoms with Crippen LogP contribution in [-0.4, -0.2) is 19.5 Å². The summed E-state index contributed by atoms with van der Waals surface area (Å²) < 4.78 is 22.3. The highest BCUT2D eigenvalue weighted by molar-refractivity contribution is 8.13. The Morgan fingerprint density at radius 2 is 1.88 bits per heavy atom. The number of carbonyl (C=O) groups is 1. The fraction of sp³-hybridized carbons (Fsp3) is 0.300. The lowest BCUT2D eigenvalue weighted by Gasteiger charge is -2.08. The van der Waals surface area contributed by atoms with Crippen molar-refractivity contribution in [3.63, 3.8) is 0 Å². The Hall–Kier alpha value is -1.07. The van der Waals surface area contributed by atoms with Gasteiger partial charge in [-0.3, -0.25) is 0 Å². The molecule has 0 aliphatic carbocycles. The van der Waals surface area contributed by atoms with Crippen molar-refractivity contribution in [1.29, 1.82) is 0 Å². The van der Waals surface area contributed by atoms with Gasteiger partial charge in [0.05, 0.1) is 10.5 Å². The Morgan fingerprint density at radius 3 is 2.25 bits per heavy atom. The fourth-order valence-electron chi connectivity index (χ4n) is 1.22. The van der Waals surface area contributed by atoms with E-state index in [4.69, 9.17) is 15.8 Å². The Balaban J connectivity index is 3.48. The second-order valence-corrected chi connectivity index (χ2v) is 6.25. The summed E-state index contributed by atoms with van der Waals surface area (Å²) in [7, 11) is 1.29. The molecule has 0 unspecified atom stereocenters. The van der Waals surface area contributed by atoms with Crippen LogP contribution >= 0.6 is 10.7 Å². The minimum absolute atomic E-state index is 0.0245. The van der Waals surface area contributed by atoms with Gasteiger partial charge in [0.2, 0.25) is 0 Å². The molecule has 0 radical (unpaired) electrons. The molecule has 0 bridgehead atoms. The molecule has 1 aromatic carbocycles. The quantitative estimate of drug-likeness (QED) is 0.850. The fourth-order valence-corrected chi connectivity index (χ4v) is 2.03. The number of carboxylic acid groups (broad SMARTS) is 1. The minimum Gasteiger partial charge on any atom is -0.478 e. The number of hydrogen-bond donors (Lipinski definition) is 1. The third-order valence-corrected chi connectivity index (χ3v) is 3.46. The summed E-state index contributed by atoms with van der Waals surface area (Å²) >= 11 is 0. The molecule has 0 aliphatic heterocycles. The average molecular weight is 263 g/mol. The molecule has 1 N–H and O–H groups in total. The zero-order valence-corrected chi connectivity index (χ0v) is 10.3. The molecule has 6 heteroatoms. The SMILES string of the molecule is CC(C)c1cc(C(=O)O)cc(S(=O)(=O)Cl)c1. The summed E-state index contributed by atoms with van der Waals surface area (Å²) in [5.74, 6) is -1.15. The maximum absolute atomic E-state index is 11.2. The zero-order chi connectivity index (χ0) is 12.5. The van der Waals surface area contributed by atoms with Crippen LogP contribution in [0.2, 0.25) is 0 Å². The van der Waals surface area contributed by atoms with Gasteiger partial charge in [-0.2, -0.15) is 0 Å². The smallest absolute Gasteiger partial charge is 0.335 e. The first-order valence-corrected chi connectivity index (χ1v) is 6.85. The summed E-state index contributed by atoms with van der Waals surface area (Å²) in [5, 5.41) is 8.84. The van der Waals surface area contributed by atoms with Gasteiger partial charge in [-0.1, -0.05) is 13.8 Å². The van der Waals surface area contributed by atoms with E-state index in [9.17, 15) is 13.2 Å². The third kappa shape index (κ3) is 2.96. The van der Waals surface area contributed by atoms with E-state index in [1.807, 2.05) is 13.8 Å². The van der Waals surface area contributed by atoms with Crippen LogP contribution in [-0.2, 0) is 9.05 Å². The van der Waals surface area contributed by atoms with Crippen molar-refractivity contribution in [3.05, 3.63) is 29.3 Å². The predicted octanol–water partition coefficient (Wildman–Crippen LogP) is 2.44. The van der Waals surface area contributed by atoms with Gasteiger partial charge < -0.3 is 5.11 Å². The normalized spacial score (nSPS) is 11.8. The number of rotatable bonds is 3. The topological polar surface area (TPSA) is 71.4 Å². The highest BCUT2D eigenvalue weighted by atomic mass is 35.7. The van der Waals surface area contributed by atoms with E-state index >= 15 is 0 Å². The monoisotopic (exact) mass is 262 g/mol. The second kappa shape index (κ2) is 4.43. The predicted molar refractivity (Wildman–Crippen MR) is 60.5 cm³/mol. The molecule has 1 aromatic rings. The standard InChI is InChI=1S/C10H11ClO4S/c1-6(2)7-3-8(10(12)13)5-9(4-7)16(11,14)15/h3-6H,1-2H3,(H,12,13). The van der Waals surface area contributed by atoms with Crippen LogP contribution in [0.4, 0.5) is 0 Å². The maximum Gasteiger partial charge on any atom is 0.335 e. The van der Waals surface area contributed by atoms with Crippen molar-refractivity contribution in [2.45, 2.75) is 24.7 Å². The number of halogens is 1. The minimum atomic E-state index is -3.91. The van der Waals surface area contributed by atoms with Crippen molar-refractivity contribution in [1.82, 2.24) is 0 Å². The summed E-state index contributed by atoms with van der Waals surface area (Å²) in [4.78, 5) is 10.6. The van der Waals surface area contributed by atoms with Gasteiger partial charge >= 0.3 is 5.97 Å². The summed E-state index contributed by atoms with van der Waals surface area (Å²) in [6.45, 7) is 3.68. The molecule has 0 aliphatic rings. The number of aromatic carboxylic acids is 1. The summed E-state index contributed by atoms with van der Waals surface area (Å²) in [5.41, 5.74) is 0.546. The van der Waals surface area contributed by atoms with Crippen LogP contribution in [0.3, 0.4) is 0 Å². The van der Waals surface area contributed by atoms with E-state index in [1.54, 1.807) is 0 Å². The molecule has 4 nitrogen and oxygen atoms in total. The molecule has 0 spiro atoms. The van der Waals surface area contributed by atoms with E-state index in [-0.39, 0.29) is 16.4 Å². The molecule has 1 rings (SSSR count). The van der Waals surface area contributed by atoms with Crippen molar-refractivity contribution in [2.75, 3.05) is 0 Å². The Labute approximate surface area is 98.3 Å². The lowest BCUT2D eigenvalue weighted by Crippen LogP contribution is -2.02. The molecule has 0 heterocycles. The highest BCUT2D eigenvalue weighted by Crippen LogP contribution is 2.23. The molecular weight excluding hydrogens is 252 g/mol. The van der Waals surface area contributed by atoms with Crippen LogP contribution in [0.15, 0.2) is 23.1 Å². The molecule has 16 heavy (non-hydrogen) atoms. The zero-order valence-electron chi connectivity index (χ0n) is 8.77. The number of carboxylic acids is 1. The van der Waals surface area contributed by atoms with E-state index < -0.39 is 15.0 Å². The number of benzene rings is 1. The molecular formula is C10H11ClO4S. The van der Waals surface area contributed by atoms with E-state index in [1.165, 1.54) is 12.1 Å². The highest BCUT2D eigenvalue weighted by Gasteiger charge is 2.16. The van der Waals surface area contributed by atoms with Crippen molar-refractivity contribution in [2.24, 2.45) is 0 Å². The van der Waals surface area contributed by atoms with Gasteiger partial charge in [0.15, 0.2) is 0 Å². The average Bonchev–Trinajstić information content (AvgIpc) is 2.15. The molecule has 0 aromatic heterocycles. The Morgan fingerprint density at radius 1 is 1.31 bits per heavy atom. The Kier molecular flexibility index (Phi) is 3.60. The van der Waals surface area contributed by atoms with Crippen LogP contribution in [0, 0.1) is 0 Å². The lowest BCUT2D eigenvalue weighted by molar-refractivity contribution is 0.0696. The summed E-state index contributed by atoms with van der Waals surface area (Å²) in [6, 6.07) is 3.88. The van der Waals surface area contributed by atoms with Gasteiger partial charge in [0, 0.05) is 10.7 Å². The first-order valence-electron chi connectivity index (χ1n) is 4.54. The first kappa shape index (κ1) is 13.0. The lowest BCUT2D eigenvalue weighted by atomic mass is 10.0. The van der Waals surface area contributed by atoms with Crippen molar-refractivity contribution >= 4 is 25.7 Å². The molecule has 0 amide bonds. The van der Waals surface area contributed by atoms with E-state index in [0.717, 1.165) is 6.07 Å². The number of hydrogen-bond acceptors (Lipinski definition) is 3. The van der Waals surface area contributed by atoms with Gasteiger partial charge in [0.1, 0.15) is 0 Å². The first-order chi connectivity index (χ1) is 7.21. The third-order valence-electron chi connectivity index (χ3n) is 2.12. The maximum atomic E-state index is 11.2. The molecule has 0 fully saturated rings. The van der Waals surface area contributed by atoms with Crippen molar-refractivity contribution in [3.8, 4) is 0 Å². The van der Waals surface area contributed by atoms with Gasteiger partial charge in [-0.25, -0.2) is 13.2 Å². The van der Waals surface area contributed by atoms with E-state index in [2.05, 4.69) is 0 Å². The molecule has 0 saturated heterocycles. The molecule has 88 valence electrons. The summed E-state index contributed by atoms with van der Waals surface area (Å²) in [6.07, 6.45) is 0. The second-order valence-electron chi connectivity index (χ2n) is 3.69. The van der Waals surface area contributed by atoms with Crippen LogP contribution in [0.1, 0.15) is 35.7 Å². The van der Waals surface area contributed by atoms with Gasteiger partial charge in [0.25, 0.3) is 9.05 Å². The van der Waals surface area contributed by atoms with Gasteiger partial charge in [-0.05, 0) is 29.7 Å². The van der Waals surface area contributed by atoms with Crippen LogP contribution in [0.25, 0.3) is 0 Å². The van der Waals surface area contributed by atoms with Gasteiger partial charge in [-0.15, -0.1) is 0 Å². The largest absolute Gasteiger partial charge is 0.478 e. The van der Waals surface area contributed by atoms with Crippen molar-refractivity contribution < 1.29 is 18.3 Å². The Bertz CT molecular complexity index is 520. The van der Waals surface area contributed by atoms with E-state index in [0.29, 0.717) is 5.56 Å².